The quantitative estimate of drug-likeness (QED) is 0.530. The molecule has 1 saturated carbocycles. The molecular formula is C25H28FN7O. The van der Waals surface area contributed by atoms with Crippen LogP contribution in [0.25, 0.3) is 5.69 Å². The highest BCUT2D eigenvalue weighted by Gasteiger charge is 2.26. The predicted octanol–water partition coefficient (Wildman–Crippen LogP) is 4.16. The van der Waals surface area contributed by atoms with Gasteiger partial charge in [0.1, 0.15) is 17.3 Å². The maximum Gasteiger partial charge on any atom is 0.260 e. The molecule has 1 aromatic carbocycles. The zero-order valence-electron chi connectivity index (χ0n) is 19.1. The van der Waals surface area contributed by atoms with E-state index in [1.165, 1.54) is 10.9 Å². The molecule has 3 heterocycles. The number of carbonyl (C=O) groups excluding carboxylic acids is 1. The Hall–Kier alpha value is -3.59. The van der Waals surface area contributed by atoms with Gasteiger partial charge in [-0.1, -0.05) is 6.07 Å². The van der Waals surface area contributed by atoms with Crippen LogP contribution in [-0.2, 0) is 0 Å². The van der Waals surface area contributed by atoms with Gasteiger partial charge in [0.05, 0.1) is 23.1 Å². The van der Waals surface area contributed by atoms with Crippen LogP contribution >= 0.6 is 0 Å². The van der Waals surface area contributed by atoms with Crippen LogP contribution in [0.4, 0.5) is 10.2 Å². The third-order valence-corrected chi connectivity index (χ3v) is 6.40. The van der Waals surface area contributed by atoms with E-state index in [4.69, 9.17) is 5.10 Å². The lowest BCUT2D eigenvalue weighted by Gasteiger charge is -2.20. The second-order valence-corrected chi connectivity index (χ2v) is 8.85. The second kappa shape index (κ2) is 9.72. The largest absolute Gasteiger partial charge is 0.317 e. The molecule has 0 radical (unpaired) electrons. The summed E-state index contributed by atoms with van der Waals surface area (Å²) in [5.74, 6) is 0.376. The third-order valence-electron chi connectivity index (χ3n) is 6.40. The first-order valence-electron chi connectivity index (χ1n) is 11.7. The molecule has 3 N–H and O–H groups in total. The summed E-state index contributed by atoms with van der Waals surface area (Å²) >= 11 is 0. The first kappa shape index (κ1) is 22.2. The van der Waals surface area contributed by atoms with Gasteiger partial charge in [0.25, 0.3) is 5.91 Å². The standard InChI is InChI=1S/C25H28FN7O/c1-16-20(15-30-29-10-2-9-28-16)25(34)31-24-14-22(18-7-11-27-12-8-18)32-33(24)23-6-5-19(13-21(23)26)17-3-4-17/h2,5-6,9-10,13-15,17-18,27,29H,3-4,7-8,11-12H2,1H3,(H,31,34). The number of halogens is 1. The Morgan fingerprint density at radius 1 is 1.15 bits per heavy atom. The molecule has 1 amide bonds. The maximum absolute atomic E-state index is 15.2. The number of hydrogen-bond acceptors (Lipinski definition) is 5. The molecule has 0 unspecified atom stereocenters. The number of aromatic nitrogens is 5. The van der Waals surface area contributed by atoms with Crippen molar-refractivity contribution in [2.24, 2.45) is 0 Å². The molecule has 2 fully saturated rings. The van der Waals surface area contributed by atoms with Crippen LogP contribution in [0.3, 0.4) is 0 Å². The third kappa shape index (κ3) is 4.84. The zero-order valence-corrected chi connectivity index (χ0v) is 19.1. The Bertz CT molecular complexity index is 1240. The molecule has 9 heteroatoms. The SMILES string of the molecule is Cc1nccc[nH]ncc1C(=O)Nc1cc(C2CCNCC2)nn1-c1ccc(C2CC2)cc1F. The van der Waals surface area contributed by atoms with Gasteiger partial charge in [-0.15, -0.1) is 0 Å². The van der Waals surface area contributed by atoms with E-state index in [0.29, 0.717) is 28.7 Å². The molecule has 5 rings (SSSR count). The highest BCUT2D eigenvalue weighted by molar-refractivity contribution is 6.04. The van der Waals surface area contributed by atoms with Crippen molar-refractivity contribution >= 4 is 11.7 Å². The van der Waals surface area contributed by atoms with Crippen molar-refractivity contribution in [3.05, 3.63) is 77.3 Å². The number of aromatic amines is 1. The number of anilines is 1. The lowest BCUT2D eigenvalue weighted by Crippen LogP contribution is -2.26. The van der Waals surface area contributed by atoms with Crippen LogP contribution in [0.2, 0.25) is 0 Å². The maximum atomic E-state index is 15.2. The number of rotatable bonds is 5. The van der Waals surface area contributed by atoms with Gasteiger partial charge in [0.2, 0.25) is 0 Å². The Morgan fingerprint density at radius 2 is 1.97 bits per heavy atom. The number of nitrogens with zero attached hydrogens (tertiary/aromatic N) is 4. The first-order chi connectivity index (χ1) is 16.6. The normalized spacial score (nSPS) is 16.2. The number of amides is 1. The second-order valence-electron chi connectivity index (χ2n) is 8.85. The number of benzene rings is 1. The van der Waals surface area contributed by atoms with E-state index < -0.39 is 5.91 Å². The van der Waals surface area contributed by atoms with Gasteiger partial charge >= 0.3 is 0 Å². The summed E-state index contributed by atoms with van der Waals surface area (Å²) in [5, 5.41) is 17.8. The summed E-state index contributed by atoms with van der Waals surface area (Å²) in [4.78, 5) is 17.5. The summed E-state index contributed by atoms with van der Waals surface area (Å²) in [6, 6.07) is 8.85. The number of nitrogens with one attached hydrogen (secondary N) is 3. The van der Waals surface area contributed by atoms with E-state index in [-0.39, 0.29) is 11.7 Å². The average Bonchev–Trinajstić information content (AvgIpc) is 3.60. The molecule has 1 aliphatic carbocycles. The smallest absolute Gasteiger partial charge is 0.260 e. The molecule has 3 aromatic rings. The lowest BCUT2D eigenvalue weighted by atomic mass is 9.95. The summed E-state index contributed by atoms with van der Waals surface area (Å²) in [6.45, 7) is 3.56. The minimum atomic E-state index is -0.393. The van der Waals surface area contributed by atoms with E-state index in [0.717, 1.165) is 50.0 Å². The van der Waals surface area contributed by atoms with Gasteiger partial charge < -0.3 is 10.6 Å². The minimum absolute atomic E-state index is 0.249. The Kier molecular flexibility index (Phi) is 6.35. The van der Waals surface area contributed by atoms with Crippen molar-refractivity contribution in [3.63, 3.8) is 0 Å². The fourth-order valence-corrected chi connectivity index (χ4v) is 4.31. The summed E-state index contributed by atoms with van der Waals surface area (Å²) in [5.41, 5.74) is 2.99. The topological polar surface area (TPSA) is 101 Å². The van der Waals surface area contributed by atoms with E-state index in [1.54, 1.807) is 37.5 Å². The van der Waals surface area contributed by atoms with Crippen molar-refractivity contribution in [1.29, 1.82) is 0 Å². The molecule has 34 heavy (non-hydrogen) atoms. The first-order valence-corrected chi connectivity index (χ1v) is 11.7. The van der Waals surface area contributed by atoms with Crippen molar-refractivity contribution in [3.8, 4) is 5.69 Å². The van der Waals surface area contributed by atoms with Gasteiger partial charge in [-0.25, -0.2) is 9.07 Å². The summed E-state index contributed by atoms with van der Waals surface area (Å²) in [6.07, 6.45) is 8.71. The number of piperidine rings is 1. The van der Waals surface area contributed by atoms with E-state index >= 15 is 4.39 Å². The Labute approximate surface area is 197 Å². The van der Waals surface area contributed by atoms with Crippen molar-refractivity contribution in [2.75, 3.05) is 18.4 Å². The molecule has 0 bridgehead atoms. The van der Waals surface area contributed by atoms with E-state index in [1.807, 2.05) is 12.1 Å². The average molecular weight is 462 g/mol. The van der Waals surface area contributed by atoms with E-state index in [9.17, 15) is 4.79 Å². The number of hydrogen-bond donors (Lipinski definition) is 3. The van der Waals surface area contributed by atoms with Gasteiger partial charge in [-0.05, 0) is 75.4 Å². The molecule has 2 aliphatic rings. The highest BCUT2D eigenvalue weighted by Crippen LogP contribution is 2.41. The van der Waals surface area contributed by atoms with Crippen molar-refractivity contribution < 1.29 is 9.18 Å². The molecule has 2 aromatic heterocycles. The van der Waals surface area contributed by atoms with Crippen LogP contribution in [0.1, 0.15) is 64.8 Å². The minimum Gasteiger partial charge on any atom is -0.317 e. The fraction of sp³-hybridized carbons (Fsp3) is 0.360. The van der Waals surface area contributed by atoms with Crippen LogP contribution in [0.15, 0.2) is 48.9 Å². The Morgan fingerprint density at radius 3 is 2.74 bits per heavy atom. The molecule has 0 spiro atoms. The predicted molar refractivity (Wildman–Crippen MR) is 127 cm³/mol. The van der Waals surface area contributed by atoms with Crippen LogP contribution in [0.5, 0.6) is 0 Å². The molecular weight excluding hydrogens is 433 g/mol. The van der Waals surface area contributed by atoms with Gasteiger partial charge in [0, 0.05) is 24.4 Å². The van der Waals surface area contributed by atoms with Crippen molar-refractivity contribution in [1.82, 2.24) is 30.3 Å². The van der Waals surface area contributed by atoms with Gasteiger partial charge in [0.15, 0.2) is 0 Å². The highest BCUT2D eigenvalue weighted by atomic mass is 19.1. The summed E-state index contributed by atoms with van der Waals surface area (Å²) < 4.78 is 16.7. The molecule has 176 valence electrons. The fourth-order valence-electron chi connectivity index (χ4n) is 4.31. The molecule has 0 atom stereocenters. The van der Waals surface area contributed by atoms with Crippen molar-refractivity contribution in [2.45, 2.75) is 44.4 Å². The Balaban J connectivity index is 1.53. The monoisotopic (exact) mass is 461 g/mol. The molecule has 1 aliphatic heterocycles. The molecule has 1 saturated heterocycles. The lowest BCUT2D eigenvalue weighted by molar-refractivity contribution is 0.102. The number of carbonyl (C=O) groups is 1. The van der Waals surface area contributed by atoms with Gasteiger partial charge in [-0.2, -0.15) is 10.2 Å². The summed E-state index contributed by atoms with van der Waals surface area (Å²) in [7, 11) is 0. The van der Waals surface area contributed by atoms with Gasteiger partial charge in [-0.3, -0.25) is 14.9 Å². The van der Waals surface area contributed by atoms with Crippen LogP contribution in [0, 0.1) is 12.7 Å². The number of H-pyrrole nitrogens is 1. The van der Waals surface area contributed by atoms with E-state index in [2.05, 4.69) is 25.8 Å². The molecule has 8 nitrogen and oxygen atoms in total. The van der Waals surface area contributed by atoms with Crippen LogP contribution in [-0.4, -0.2) is 44.0 Å². The number of aryl methyl sites for hydroxylation is 1. The zero-order chi connectivity index (χ0) is 23.5. The van der Waals surface area contributed by atoms with Crippen LogP contribution < -0.4 is 10.6 Å².